The molecule has 0 aromatic carbocycles. The lowest BCUT2D eigenvalue weighted by Gasteiger charge is -2.12. The smallest absolute Gasteiger partial charge is 0.341 e. The third kappa shape index (κ3) is 3.88. The predicted octanol–water partition coefficient (Wildman–Crippen LogP) is 3.00. The van der Waals surface area contributed by atoms with Crippen LogP contribution in [0.15, 0.2) is 28.0 Å². The molecule has 0 aliphatic rings. The normalized spacial score (nSPS) is 11.8. The number of methoxy groups -OCH3 is 1. The van der Waals surface area contributed by atoms with Crippen LogP contribution in [0.4, 0.5) is 4.79 Å². The number of nitrogens with one attached hydrogen (secondary N) is 2. The van der Waals surface area contributed by atoms with Crippen molar-refractivity contribution in [2.45, 2.75) is 26.4 Å². The lowest BCUT2D eigenvalue weighted by atomic mass is 10.2. The summed E-state index contributed by atoms with van der Waals surface area (Å²) in [6.07, 6.45) is 0. The van der Waals surface area contributed by atoms with E-state index in [0.717, 1.165) is 4.88 Å². The van der Waals surface area contributed by atoms with E-state index in [9.17, 15) is 9.59 Å². The van der Waals surface area contributed by atoms with Crippen LogP contribution < -0.4 is 10.6 Å². The molecule has 1 atom stereocenters. The fourth-order valence-corrected chi connectivity index (χ4v) is 2.70. The number of ether oxygens (including phenoxy) is 1. The molecule has 22 heavy (non-hydrogen) atoms. The van der Waals surface area contributed by atoms with Crippen LogP contribution in [0.3, 0.4) is 0 Å². The Morgan fingerprint density at radius 1 is 1.45 bits per heavy atom. The first kappa shape index (κ1) is 16.1. The van der Waals surface area contributed by atoms with Crippen LogP contribution in [0.5, 0.6) is 0 Å². The Kier molecular flexibility index (Phi) is 5.21. The summed E-state index contributed by atoms with van der Waals surface area (Å²) in [5, 5.41) is 7.50. The number of aryl methyl sites for hydroxylation is 1. The molecule has 2 heterocycles. The number of carbonyl (C=O) groups excluding carboxylic acids is 2. The Morgan fingerprint density at radius 3 is 2.86 bits per heavy atom. The first-order valence-corrected chi connectivity index (χ1v) is 7.64. The number of esters is 1. The van der Waals surface area contributed by atoms with Gasteiger partial charge in [-0.2, -0.15) is 0 Å². The van der Waals surface area contributed by atoms with E-state index in [-0.39, 0.29) is 18.6 Å². The molecule has 0 saturated carbocycles. The minimum atomic E-state index is -0.455. The Morgan fingerprint density at radius 2 is 2.23 bits per heavy atom. The van der Waals surface area contributed by atoms with Crippen LogP contribution in [0, 0.1) is 6.92 Å². The van der Waals surface area contributed by atoms with Crippen molar-refractivity contribution in [2.75, 3.05) is 7.11 Å². The van der Waals surface area contributed by atoms with Gasteiger partial charge in [-0.25, -0.2) is 9.59 Å². The van der Waals surface area contributed by atoms with Crippen molar-refractivity contribution < 1.29 is 18.7 Å². The van der Waals surface area contributed by atoms with Gasteiger partial charge in [0, 0.05) is 4.88 Å². The number of hydrogen-bond acceptors (Lipinski definition) is 5. The van der Waals surface area contributed by atoms with E-state index >= 15 is 0 Å². The summed E-state index contributed by atoms with van der Waals surface area (Å²) in [5.74, 6) is 0.510. The van der Waals surface area contributed by atoms with Crippen LogP contribution in [0.1, 0.15) is 39.7 Å². The van der Waals surface area contributed by atoms with Gasteiger partial charge in [0.1, 0.15) is 17.1 Å². The number of thiophene rings is 1. The van der Waals surface area contributed by atoms with Crippen molar-refractivity contribution >= 4 is 23.3 Å². The summed E-state index contributed by atoms with van der Waals surface area (Å²) < 4.78 is 10.1. The van der Waals surface area contributed by atoms with Crippen molar-refractivity contribution in [3.05, 3.63) is 45.5 Å². The summed E-state index contributed by atoms with van der Waals surface area (Å²) in [4.78, 5) is 24.4. The highest BCUT2D eigenvalue weighted by atomic mass is 32.1. The largest absolute Gasteiger partial charge is 0.465 e. The molecular weight excluding hydrogens is 304 g/mol. The molecule has 0 aliphatic carbocycles. The van der Waals surface area contributed by atoms with Gasteiger partial charge in [0.15, 0.2) is 0 Å². The molecule has 0 aliphatic heterocycles. The molecule has 0 saturated heterocycles. The monoisotopic (exact) mass is 322 g/mol. The summed E-state index contributed by atoms with van der Waals surface area (Å²) in [7, 11) is 1.31. The van der Waals surface area contributed by atoms with Crippen molar-refractivity contribution in [2.24, 2.45) is 0 Å². The van der Waals surface area contributed by atoms with Gasteiger partial charge in [-0.3, -0.25) is 0 Å². The third-order valence-electron chi connectivity index (χ3n) is 3.11. The summed E-state index contributed by atoms with van der Waals surface area (Å²) in [6.45, 7) is 3.79. The molecule has 0 unspecified atom stereocenters. The lowest BCUT2D eigenvalue weighted by Crippen LogP contribution is -2.36. The van der Waals surface area contributed by atoms with Crippen LogP contribution in [-0.4, -0.2) is 19.1 Å². The number of carbonyl (C=O) groups is 2. The standard InChI is InChI=1S/C15H18N2O4S/c1-9(13-5-4-6-22-13)17-15(19)16-8-11-7-12(10(2)21-11)14(18)20-3/h4-7,9H,8H2,1-3H3,(H2,16,17,19)/t9-/m0/s1. The van der Waals surface area contributed by atoms with Crippen LogP contribution >= 0.6 is 11.3 Å². The number of urea groups is 1. The molecule has 118 valence electrons. The van der Waals surface area contributed by atoms with Gasteiger partial charge in [0.25, 0.3) is 0 Å². The summed E-state index contributed by atoms with van der Waals surface area (Å²) in [6, 6.07) is 5.12. The highest BCUT2D eigenvalue weighted by Crippen LogP contribution is 2.18. The first-order chi connectivity index (χ1) is 10.5. The number of rotatable bonds is 5. The Balaban J connectivity index is 1.87. The fraction of sp³-hybridized carbons (Fsp3) is 0.333. The van der Waals surface area contributed by atoms with E-state index in [1.807, 2.05) is 24.4 Å². The zero-order valence-corrected chi connectivity index (χ0v) is 13.5. The molecule has 0 fully saturated rings. The lowest BCUT2D eigenvalue weighted by molar-refractivity contribution is 0.0598. The molecule has 7 heteroatoms. The van der Waals surface area contributed by atoms with E-state index < -0.39 is 5.97 Å². The molecule has 2 aromatic heterocycles. The van der Waals surface area contributed by atoms with Crippen LogP contribution in [-0.2, 0) is 11.3 Å². The van der Waals surface area contributed by atoms with Gasteiger partial charge >= 0.3 is 12.0 Å². The van der Waals surface area contributed by atoms with Gasteiger partial charge in [-0.05, 0) is 31.4 Å². The second kappa shape index (κ2) is 7.13. The topological polar surface area (TPSA) is 80.6 Å². The van der Waals surface area contributed by atoms with Gasteiger partial charge in [-0.15, -0.1) is 11.3 Å². The van der Waals surface area contributed by atoms with E-state index in [2.05, 4.69) is 15.4 Å². The second-order valence-electron chi connectivity index (χ2n) is 4.74. The molecule has 2 amide bonds. The average Bonchev–Trinajstić information content (AvgIpc) is 3.14. The number of amides is 2. The van der Waals surface area contributed by atoms with Gasteiger partial charge < -0.3 is 19.8 Å². The van der Waals surface area contributed by atoms with Gasteiger partial charge in [0.2, 0.25) is 0 Å². The fourth-order valence-electron chi connectivity index (χ4n) is 1.97. The van der Waals surface area contributed by atoms with Crippen LogP contribution in [0.25, 0.3) is 0 Å². The molecule has 2 N–H and O–H groups in total. The predicted molar refractivity (Wildman–Crippen MR) is 82.9 cm³/mol. The van der Waals surface area contributed by atoms with Crippen molar-refractivity contribution in [1.29, 1.82) is 0 Å². The van der Waals surface area contributed by atoms with Gasteiger partial charge in [-0.1, -0.05) is 6.07 Å². The van der Waals surface area contributed by atoms with E-state index in [4.69, 9.17) is 4.42 Å². The molecule has 6 nitrogen and oxygen atoms in total. The molecule has 0 bridgehead atoms. The molecule has 2 aromatic rings. The maximum absolute atomic E-state index is 11.9. The molecular formula is C15H18N2O4S. The highest BCUT2D eigenvalue weighted by molar-refractivity contribution is 7.10. The van der Waals surface area contributed by atoms with E-state index in [1.165, 1.54) is 7.11 Å². The van der Waals surface area contributed by atoms with Crippen molar-refractivity contribution in [3.63, 3.8) is 0 Å². The first-order valence-electron chi connectivity index (χ1n) is 6.76. The van der Waals surface area contributed by atoms with Crippen LogP contribution in [0.2, 0.25) is 0 Å². The average molecular weight is 322 g/mol. The Hall–Kier alpha value is -2.28. The SMILES string of the molecule is COC(=O)c1cc(CNC(=O)N[C@@H](C)c2cccs2)oc1C. The Labute approximate surface area is 132 Å². The number of hydrogen-bond donors (Lipinski definition) is 2. The number of furan rings is 1. The van der Waals surface area contributed by atoms with E-state index in [1.54, 1.807) is 24.3 Å². The molecule has 0 radical (unpaired) electrons. The quantitative estimate of drug-likeness (QED) is 0.829. The maximum Gasteiger partial charge on any atom is 0.341 e. The van der Waals surface area contributed by atoms with Crippen molar-refractivity contribution in [3.8, 4) is 0 Å². The minimum Gasteiger partial charge on any atom is -0.465 e. The minimum absolute atomic E-state index is 0.0658. The summed E-state index contributed by atoms with van der Waals surface area (Å²) >= 11 is 1.59. The molecule has 2 rings (SSSR count). The maximum atomic E-state index is 11.9. The van der Waals surface area contributed by atoms with Crippen molar-refractivity contribution in [1.82, 2.24) is 10.6 Å². The molecule has 0 spiro atoms. The zero-order chi connectivity index (χ0) is 16.1. The Bertz CT molecular complexity index is 649. The zero-order valence-electron chi connectivity index (χ0n) is 12.6. The highest BCUT2D eigenvalue weighted by Gasteiger charge is 2.16. The van der Waals surface area contributed by atoms with Gasteiger partial charge in [0.05, 0.1) is 19.7 Å². The third-order valence-corrected chi connectivity index (χ3v) is 4.17. The van der Waals surface area contributed by atoms with E-state index in [0.29, 0.717) is 17.1 Å². The summed E-state index contributed by atoms with van der Waals surface area (Å²) in [5.41, 5.74) is 0.367. The second-order valence-corrected chi connectivity index (χ2v) is 5.72.